The molecule has 0 bridgehead atoms. The maximum atomic E-state index is 12.1. The summed E-state index contributed by atoms with van der Waals surface area (Å²) >= 11 is 0. The number of hydrogen-bond donors (Lipinski definition) is 2. The van der Waals surface area contributed by atoms with Crippen LogP contribution in [-0.2, 0) is 0 Å². The van der Waals surface area contributed by atoms with Gasteiger partial charge in [0.2, 0.25) is 0 Å². The smallest absolute Gasteiger partial charge is 0.387 e. The van der Waals surface area contributed by atoms with Crippen LogP contribution < -0.4 is 15.4 Å². The summed E-state index contributed by atoms with van der Waals surface area (Å²) in [5.74, 6) is 0.0894. The van der Waals surface area contributed by atoms with E-state index in [1.165, 1.54) is 6.07 Å². The molecule has 1 aliphatic heterocycles. The SMILES string of the molecule is O=C1NC[C@H](c2ccccc2OC(F)F)N1. The largest absolute Gasteiger partial charge is 0.434 e. The van der Waals surface area contributed by atoms with Crippen LogP contribution in [0.2, 0.25) is 0 Å². The number of halogens is 2. The Balaban J connectivity index is 2.22. The maximum Gasteiger partial charge on any atom is 0.387 e. The van der Waals surface area contributed by atoms with Crippen molar-refractivity contribution >= 4 is 6.03 Å². The average molecular weight is 228 g/mol. The Bertz CT molecular complexity index is 398. The third-order valence-corrected chi connectivity index (χ3v) is 2.28. The van der Waals surface area contributed by atoms with Gasteiger partial charge in [-0.05, 0) is 6.07 Å². The number of hydrogen-bond acceptors (Lipinski definition) is 2. The average Bonchev–Trinajstić information content (AvgIpc) is 2.65. The van der Waals surface area contributed by atoms with Crippen LogP contribution in [0.1, 0.15) is 11.6 Å². The minimum absolute atomic E-state index is 0.0894. The molecule has 1 fully saturated rings. The number of ether oxygens (including phenoxy) is 1. The van der Waals surface area contributed by atoms with Crippen LogP contribution in [0.4, 0.5) is 13.6 Å². The van der Waals surface area contributed by atoms with Gasteiger partial charge in [-0.2, -0.15) is 8.78 Å². The third-order valence-electron chi connectivity index (χ3n) is 2.28. The van der Waals surface area contributed by atoms with Gasteiger partial charge in [0.05, 0.1) is 6.04 Å². The molecule has 1 heterocycles. The number of benzene rings is 1. The highest BCUT2D eigenvalue weighted by molar-refractivity contribution is 5.77. The highest BCUT2D eigenvalue weighted by atomic mass is 19.3. The Kier molecular flexibility index (Phi) is 2.89. The number of amides is 2. The van der Waals surface area contributed by atoms with Crippen molar-refractivity contribution in [3.63, 3.8) is 0 Å². The number of nitrogens with one attached hydrogen (secondary N) is 2. The summed E-state index contributed by atoms with van der Waals surface area (Å²) in [6.07, 6.45) is 0. The lowest BCUT2D eigenvalue weighted by atomic mass is 10.1. The summed E-state index contributed by atoms with van der Waals surface area (Å²) in [6, 6.07) is 5.77. The van der Waals surface area contributed by atoms with Gasteiger partial charge >= 0.3 is 12.6 Å². The zero-order chi connectivity index (χ0) is 11.5. The van der Waals surface area contributed by atoms with E-state index in [0.29, 0.717) is 12.1 Å². The Morgan fingerprint density at radius 3 is 2.75 bits per heavy atom. The molecule has 2 N–H and O–H groups in total. The van der Waals surface area contributed by atoms with E-state index in [1.807, 2.05) is 0 Å². The van der Waals surface area contributed by atoms with Crippen molar-refractivity contribution < 1.29 is 18.3 Å². The first kappa shape index (κ1) is 10.7. The van der Waals surface area contributed by atoms with E-state index in [-0.39, 0.29) is 17.8 Å². The zero-order valence-electron chi connectivity index (χ0n) is 8.24. The second-order valence-corrected chi connectivity index (χ2v) is 3.32. The molecular formula is C10H10F2N2O2. The number of carbonyl (C=O) groups excluding carboxylic acids is 1. The van der Waals surface area contributed by atoms with Gasteiger partial charge in [0, 0.05) is 12.1 Å². The van der Waals surface area contributed by atoms with E-state index in [4.69, 9.17) is 0 Å². The van der Waals surface area contributed by atoms with Crippen LogP contribution in [0.3, 0.4) is 0 Å². The van der Waals surface area contributed by atoms with E-state index in [1.54, 1.807) is 18.2 Å². The lowest BCUT2D eigenvalue weighted by Gasteiger charge is -2.14. The second-order valence-electron chi connectivity index (χ2n) is 3.32. The standard InChI is InChI=1S/C10H10F2N2O2/c11-9(12)16-8-4-2-1-3-6(8)7-5-13-10(15)14-7/h1-4,7,9H,5H2,(H2,13,14,15)/t7-/m1/s1. The Morgan fingerprint density at radius 1 is 1.38 bits per heavy atom. The molecule has 2 rings (SSSR count). The monoisotopic (exact) mass is 228 g/mol. The first-order valence-corrected chi connectivity index (χ1v) is 4.75. The molecular weight excluding hydrogens is 218 g/mol. The van der Waals surface area contributed by atoms with Gasteiger partial charge in [0.25, 0.3) is 0 Å². The number of para-hydroxylation sites is 1. The Labute approximate surface area is 90.6 Å². The molecule has 6 heteroatoms. The number of alkyl halides is 2. The van der Waals surface area contributed by atoms with Gasteiger partial charge in [-0.3, -0.25) is 0 Å². The fourth-order valence-corrected chi connectivity index (χ4v) is 1.61. The molecule has 0 unspecified atom stereocenters. The molecule has 1 aliphatic rings. The van der Waals surface area contributed by atoms with Crippen LogP contribution in [0, 0.1) is 0 Å². The minimum Gasteiger partial charge on any atom is -0.434 e. The second kappa shape index (κ2) is 4.34. The molecule has 0 spiro atoms. The van der Waals surface area contributed by atoms with Gasteiger partial charge in [0.1, 0.15) is 5.75 Å². The Hall–Kier alpha value is -1.85. The van der Waals surface area contributed by atoms with E-state index >= 15 is 0 Å². The van der Waals surface area contributed by atoms with Crippen molar-refractivity contribution in [2.45, 2.75) is 12.7 Å². The Morgan fingerprint density at radius 2 is 2.12 bits per heavy atom. The lowest BCUT2D eigenvalue weighted by Crippen LogP contribution is -2.22. The van der Waals surface area contributed by atoms with E-state index in [0.717, 1.165) is 0 Å². The molecule has 1 aromatic carbocycles. The molecule has 0 aromatic heterocycles. The first-order valence-electron chi connectivity index (χ1n) is 4.75. The van der Waals surface area contributed by atoms with Crippen molar-refractivity contribution in [1.29, 1.82) is 0 Å². The predicted molar refractivity (Wildman–Crippen MR) is 52.3 cm³/mol. The van der Waals surface area contributed by atoms with E-state index in [2.05, 4.69) is 15.4 Å². The van der Waals surface area contributed by atoms with Crippen LogP contribution in [0.5, 0.6) is 5.75 Å². The van der Waals surface area contributed by atoms with Crippen molar-refractivity contribution in [3.8, 4) is 5.75 Å². The highest BCUT2D eigenvalue weighted by Gasteiger charge is 2.24. The van der Waals surface area contributed by atoms with Gasteiger partial charge < -0.3 is 15.4 Å². The predicted octanol–water partition coefficient (Wildman–Crippen LogP) is 1.64. The van der Waals surface area contributed by atoms with E-state index < -0.39 is 6.61 Å². The summed E-state index contributed by atoms with van der Waals surface area (Å²) in [7, 11) is 0. The fraction of sp³-hybridized carbons (Fsp3) is 0.300. The number of rotatable bonds is 3. The van der Waals surface area contributed by atoms with Gasteiger partial charge in [-0.15, -0.1) is 0 Å². The summed E-state index contributed by atoms with van der Waals surface area (Å²) in [4.78, 5) is 10.9. The number of carbonyl (C=O) groups is 1. The molecule has 4 nitrogen and oxygen atoms in total. The molecule has 1 saturated heterocycles. The normalized spacial score (nSPS) is 19.4. The van der Waals surface area contributed by atoms with Crippen molar-refractivity contribution in [2.24, 2.45) is 0 Å². The van der Waals surface area contributed by atoms with Crippen LogP contribution >= 0.6 is 0 Å². The van der Waals surface area contributed by atoms with Crippen molar-refractivity contribution in [2.75, 3.05) is 6.54 Å². The summed E-state index contributed by atoms with van der Waals surface area (Å²) in [6.45, 7) is -2.51. The van der Waals surface area contributed by atoms with Crippen LogP contribution in [0.15, 0.2) is 24.3 Å². The van der Waals surface area contributed by atoms with Crippen LogP contribution in [-0.4, -0.2) is 19.2 Å². The topological polar surface area (TPSA) is 50.4 Å². The summed E-state index contributed by atoms with van der Waals surface area (Å²) in [5, 5.41) is 5.16. The van der Waals surface area contributed by atoms with Gasteiger partial charge in [0.15, 0.2) is 0 Å². The first-order chi connectivity index (χ1) is 7.66. The summed E-state index contributed by atoms with van der Waals surface area (Å²) in [5.41, 5.74) is 0.543. The van der Waals surface area contributed by atoms with Crippen LogP contribution in [0.25, 0.3) is 0 Å². The summed E-state index contributed by atoms with van der Waals surface area (Å²) < 4.78 is 28.7. The molecule has 0 radical (unpaired) electrons. The number of urea groups is 1. The zero-order valence-corrected chi connectivity index (χ0v) is 8.24. The molecule has 86 valence electrons. The lowest BCUT2D eigenvalue weighted by molar-refractivity contribution is -0.0506. The highest BCUT2D eigenvalue weighted by Crippen LogP contribution is 2.27. The maximum absolute atomic E-state index is 12.1. The van der Waals surface area contributed by atoms with E-state index in [9.17, 15) is 13.6 Å². The molecule has 0 aliphatic carbocycles. The molecule has 1 aromatic rings. The minimum atomic E-state index is -2.87. The molecule has 1 atom stereocenters. The van der Waals surface area contributed by atoms with Crippen molar-refractivity contribution in [1.82, 2.24) is 10.6 Å². The fourth-order valence-electron chi connectivity index (χ4n) is 1.61. The molecule has 0 saturated carbocycles. The quantitative estimate of drug-likeness (QED) is 0.826. The third kappa shape index (κ3) is 2.21. The van der Waals surface area contributed by atoms with Gasteiger partial charge in [-0.1, -0.05) is 18.2 Å². The molecule has 2 amide bonds. The van der Waals surface area contributed by atoms with Gasteiger partial charge in [-0.25, -0.2) is 4.79 Å². The molecule has 16 heavy (non-hydrogen) atoms. The van der Waals surface area contributed by atoms with Crippen molar-refractivity contribution in [3.05, 3.63) is 29.8 Å².